The van der Waals surface area contributed by atoms with Crippen LogP contribution in [-0.4, -0.2) is 41.3 Å². The number of likely N-dealkylation sites (tertiary alicyclic amines) is 1. The predicted molar refractivity (Wildman–Crippen MR) is 106 cm³/mol. The minimum atomic E-state index is -0.137. The molecular formula is C22H23N3O3. The Labute approximate surface area is 163 Å². The van der Waals surface area contributed by atoms with Crippen LogP contribution in [0.5, 0.6) is 0 Å². The summed E-state index contributed by atoms with van der Waals surface area (Å²) in [6.45, 7) is 2.07. The highest BCUT2D eigenvalue weighted by Gasteiger charge is 2.19. The van der Waals surface area contributed by atoms with Gasteiger partial charge in [-0.15, -0.1) is 0 Å². The first-order valence-corrected chi connectivity index (χ1v) is 9.68. The number of nitrogens with zero attached hydrogens (tertiary/aromatic N) is 2. The highest BCUT2D eigenvalue weighted by Crippen LogP contribution is 2.19. The van der Waals surface area contributed by atoms with Crippen LogP contribution in [0.1, 0.15) is 41.1 Å². The third-order valence-electron chi connectivity index (χ3n) is 4.95. The molecule has 0 unspecified atom stereocenters. The monoisotopic (exact) mass is 377 g/mol. The second-order valence-corrected chi connectivity index (χ2v) is 7.05. The zero-order valence-corrected chi connectivity index (χ0v) is 15.7. The van der Waals surface area contributed by atoms with Gasteiger partial charge in [0.15, 0.2) is 11.5 Å². The molecule has 1 fully saturated rings. The molecule has 6 nitrogen and oxygen atoms in total. The summed E-state index contributed by atoms with van der Waals surface area (Å²) in [5.74, 6) is 0.713. The van der Waals surface area contributed by atoms with Gasteiger partial charge in [-0.3, -0.25) is 9.59 Å². The zero-order chi connectivity index (χ0) is 19.3. The summed E-state index contributed by atoms with van der Waals surface area (Å²) >= 11 is 0. The number of amides is 2. The first kappa shape index (κ1) is 18.2. The molecule has 1 aliphatic heterocycles. The van der Waals surface area contributed by atoms with Crippen LogP contribution in [0.4, 0.5) is 0 Å². The summed E-state index contributed by atoms with van der Waals surface area (Å²) in [6, 6.07) is 15.3. The molecular weight excluding hydrogens is 354 g/mol. The molecule has 3 aromatic rings. The summed E-state index contributed by atoms with van der Waals surface area (Å²) in [4.78, 5) is 30.4. The van der Waals surface area contributed by atoms with E-state index in [0.717, 1.165) is 24.9 Å². The number of rotatable bonds is 7. The number of carbonyl (C=O) groups is 2. The van der Waals surface area contributed by atoms with Gasteiger partial charge in [0.25, 0.3) is 5.91 Å². The van der Waals surface area contributed by atoms with E-state index < -0.39 is 0 Å². The zero-order valence-electron chi connectivity index (χ0n) is 15.7. The Balaban J connectivity index is 1.34. The van der Waals surface area contributed by atoms with Crippen LogP contribution in [0.2, 0.25) is 0 Å². The number of nitrogens with one attached hydrogen (secondary N) is 1. The van der Waals surface area contributed by atoms with E-state index >= 15 is 0 Å². The molecule has 1 N–H and O–H groups in total. The lowest BCUT2D eigenvalue weighted by atomic mass is 10.1. The highest BCUT2D eigenvalue weighted by atomic mass is 16.3. The number of aromatic nitrogens is 1. The molecule has 144 valence electrons. The average Bonchev–Trinajstić information content (AvgIpc) is 3.30. The number of benzene rings is 2. The van der Waals surface area contributed by atoms with Gasteiger partial charge in [-0.05, 0) is 36.6 Å². The summed E-state index contributed by atoms with van der Waals surface area (Å²) in [6.07, 6.45) is 2.96. The Morgan fingerprint density at radius 2 is 2.04 bits per heavy atom. The first-order valence-electron chi connectivity index (χ1n) is 9.68. The van der Waals surface area contributed by atoms with E-state index in [4.69, 9.17) is 4.42 Å². The Morgan fingerprint density at radius 3 is 2.82 bits per heavy atom. The van der Waals surface area contributed by atoms with Crippen molar-refractivity contribution in [2.75, 3.05) is 19.6 Å². The molecule has 28 heavy (non-hydrogen) atoms. The van der Waals surface area contributed by atoms with Crippen molar-refractivity contribution in [2.24, 2.45) is 0 Å². The second-order valence-electron chi connectivity index (χ2n) is 7.05. The van der Waals surface area contributed by atoms with Crippen LogP contribution < -0.4 is 5.32 Å². The van der Waals surface area contributed by atoms with E-state index in [1.54, 1.807) is 18.2 Å². The summed E-state index contributed by atoms with van der Waals surface area (Å²) < 4.78 is 5.79. The number of hydrogen-bond acceptors (Lipinski definition) is 4. The van der Waals surface area contributed by atoms with Gasteiger partial charge < -0.3 is 14.6 Å². The van der Waals surface area contributed by atoms with Gasteiger partial charge in [0.2, 0.25) is 5.91 Å². The van der Waals surface area contributed by atoms with Gasteiger partial charge >= 0.3 is 0 Å². The largest absolute Gasteiger partial charge is 0.440 e. The molecule has 1 aliphatic rings. The van der Waals surface area contributed by atoms with Gasteiger partial charge in [-0.1, -0.05) is 30.3 Å². The lowest BCUT2D eigenvalue weighted by molar-refractivity contribution is -0.127. The first-order chi connectivity index (χ1) is 13.7. The Bertz CT molecular complexity index is 981. The van der Waals surface area contributed by atoms with Crippen LogP contribution in [0.25, 0.3) is 11.1 Å². The van der Waals surface area contributed by atoms with Crippen molar-refractivity contribution in [1.29, 1.82) is 0 Å². The quantitative estimate of drug-likeness (QED) is 0.642. The van der Waals surface area contributed by atoms with Crippen LogP contribution in [0.15, 0.2) is 52.9 Å². The molecule has 0 radical (unpaired) electrons. The fourth-order valence-corrected chi connectivity index (χ4v) is 3.48. The van der Waals surface area contributed by atoms with Crippen molar-refractivity contribution in [3.05, 3.63) is 65.5 Å². The Hall–Kier alpha value is -3.15. The maximum absolute atomic E-state index is 12.4. The van der Waals surface area contributed by atoms with Crippen molar-refractivity contribution in [3.8, 4) is 0 Å². The Morgan fingerprint density at radius 1 is 1.18 bits per heavy atom. The van der Waals surface area contributed by atoms with Crippen LogP contribution in [-0.2, 0) is 11.2 Å². The fourth-order valence-electron chi connectivity index (χ4n) is 3.48. The van der Waals surface area contributed by atoms with E-state index in [0.29, 0.717) is 48.5 Å². The van der Waals surface area contributed by atoms with E-state index in [2.05, 4.69) is 10.3 Å². The maximum Gasteiger partial charge on any atom is 0.251 e. The molecule has 0 atom stereocenters. The highest BCUT2D eigenvalue weighted by molar-refractivity contribution is 5.97. The van der Waals surface area contributed by atoms with Crippen molar-refractivity contribution in [2.45, 2.75) is 25.7 Å². The molecule has 2 aromatic carbocycles. The summed E-state index contributed by atoms with van der Waals surface area (Å²) in [5.41, 5.74) is 3.05. The molecule has 4 rings (SSSR count). The van der Waals surface area contributed by atoms with Gasteiger partial charge in [0, 0.05) is 38.0 Å². The third kappa shape index (κ3) is 4.22. The molecule has 0 aliphatic carbocycles. The van der Waals surface area contributed by atoms with E-state index in [1.807, 2.05) is 35.2 Å². The lowest BCUT2D eigenvalue weighted by Crippen LogP contribution is -2.30. The summed E-state index contributed by atoms with van der Waals surface area (Å²) in [7, 11) is 0. The van der Waals surface area contributed by atoms with Crippen LogP contribution >= 0.6 is 0 Å². The number of hydrogen-bond donors (Lipinski definition) is 1. The van der Waals surface area contributed by atoms with Gasteiger partial charge in [0.05, 0.1) is 0 Å². The molecule has 1 saturated heterocycles. The topological polar surface area (TPSA) is 75.4 Å². The molecule has 2 amide bonds. The summed E-state index contributed by atoms with van der Waals surface area (Å²) in [5, 5.41) is 2.91. The van der Waals surface area contributed by atoms with Crippen molar-refractivity contribution in [3.63, 3.8) is 0 Å². The Kier molecular flexibility index (Phi) is 5.37. The second kappa shape index (κ2) is 8.25. The van der Waals surface area contributed by atoms with E-state index in [9.17, 15) is 9.59 Å². The minimum absolute atomic E-state index is 0.137. The van der Waals surface area contributed by atoms with Gasteiger partial charge in [0.1, 0.15) is 5.52 Å². The van der Waals surface area contributed by atoms with Crippen molar-refractivity contribution in [1.82, 2.24) is 15.2 Å². The third-order valence-corrected chi connectivity index (χ3v) is 4.95. The molecule has 0 saturated carbocycles. The number of oxazole rings is 1. The lowest BCUT2D eigenvalue weighted by Gasteiger charge is -2.15. The standard InChI is InChI=1S/C22H23N3O3/c26-21-8-4-12-25(21)13-5-11-23-22(27)17-9-10-19-18(15-17)24-20(28-19)14-16-6-2-1-3-7-16/h1-3,6-7,9-10,15H,4-5,8,11-14H2,(H,23,27). The van der Waals surface area contributed by atoms with Crippen LogP contribution in [0.3, 0.4) is 0 Å². The molecule has 0 spiro atoms. The normalized spacial score (nSPS) is 14.0. The number of carbonyl (C=O) groups excluding carboxylic acids is 2. The van der Waals surface area contributed by atoms with E-state index in [1.165, 1.54) is 0 Å². The smallest absolute Gasteiger partial charge is 0.251 e. The molecule has 2 heterocycles. The van der Waals surface area contributed by atoms with E-state index in [-0.39, 0.29) is 11.8 Å². The van der Waals surface area contributed by atoms with Gasteiger partial charge in [-0.25, -0.2) is 4.98 Å². The molecule has 1 aromatic heterocycles. The molecule has 6 heteroatoms. The maximum atomic E-state index is 12.4. The van der Waals surface area contributed by atoms with Gasteiger partial charge in [-0.2, -0.15) is 0 Å². The van der Waals surface area contributed by atoms with Crippen molar-refractivity contribution >= 4 is 22.9 Å². The SMILES string of the molecule is O=C(NCCCN1CCCC1=O)c1ccc2oc(Cc3ccccc3)nc2c1. The minimum Gasteiger partial charge on any atom is -0.440 e. The van der Waals surface area contributed by atoms with Crippen LogP contribution in [0, 0.1) is 0 Å². The average molecular weight is 377 g/mol. The number of fused-ring (bicyclic) bond motifs is 1. The molecule has 0 bridgehead atoms. The van der Waals surface area contributed by atoms with Crippen molar-refractivity contribution < 1.29 is 14.0 Å². The predicted octanol–water partition coefficient (Wildman–Crippen LogP) is 3.16. The fraction of sp³-hybridized carbons (Fsp3) is 0.318.